The molecule has 28 heavy (non-hydrogen) atoms. The number of rotatable bonds is 4. The van der Waals surface area contributed by atoms with Gasteiger partial charge in [-0.1, -0.05) is 47.5 Å². The molecule has 144 valence electrons. The minimum absolute atomic E-state index is 0.174. The van der Waals surface area contributed by atoms with Crippen molar-refractivity contribution in [2.24, 2.45) is 0 Å². The number of imide groups is 1. The molecule has 0 radical (unpaired) electrons. The van der Waals surface area contributed by atoms with Crippen LogP contribution in [0.5, 0.6) is 5.75 Å². The van der Waals surface area contributed by atoms with Crippen LogP contribution in [0.25, 0.3) is 5.57 Å². The first-order chi connectivity index (χ1) is 13.5. The molecule has 0 spiro atoms. The molecule has 5 nitrogen and oxygen atoms in total. The fourth-order valence-corrected chi connectivity index (χ4v) is 4.11. The second kappa shape index (κ2) is 7.49. The lowest BCUT2D eigenvalue weighted by Gasteiger charge is -2.21. The fourth-order valence-electron chi connectivity index (χ4n) is 3.73. The monoisotopic (exact) mass is 416 g/mol. The van der Waals surface area contributed by atoms with Gasteiger partial charge in [0, 0.05) is 18.7 Å². The molecule has 0 bridgehead atoms. The van der Waals surface area contributed by atoms with Gasteiger partial charge in [0.2, 0.25) is 0 Å². The first kappa shape index (κ1) is 18.8. The summed E-state index contributed by atoms with van der Waals surface area (Å²) in [5, 5.41) is 0.459. The third-order valence-electron chi connectivity index (χ3n) is 5.03. The predicted octanol–water partition coefficient (Wildman–Crippen LogP) is 4.38. The van der Waals surface area contributed by atoms with E-state index in [1.54, 1.807) is 37.4 Å². The van der Waals surface area contributed by atoms with Crippen molar-refractivity contribution in [3.05, 3.63) is 63.8 Å². The summed E-state index contributed by atoms with van der Waals surface area (Å²) in [5.74, 6) is -0.285. The topological polar surface area (TPSA) is 49.9 Å². The van der Waals surface area contributed by atoms with Crippen LogP contribution in [-0.2, 0) is 9.59 Å². The fraction of sp³-hybridized carbons (Fsp3) is 0.238. The molecule has 0 N–H and O–H groups in total. The van der Waals surface area contributed by atoms with Crippen molar-refractivity contribution in [2.75, 3.05) is 25.1 Å². The number of carbonyl (C=O) groups excluding carboxylic acids is 2. The van der Waals surface area contributed by atoms with E-state index in [4.69, 9.17) is 27.9 Å². The zero-order valence-electron chi connectivity index (χ0n) is 15.2. The number of hydrogen-bond acceptors (Lipinski definition) is 4. The number of ether oxygens (including phenoxy) is 1. The van der Waals surface area contributed by atoms with Crippen LogP contribution in [0.3, 0.4) is 0 Å². The van der Waals surface area contributed by atoms with Crippen molar-refractivity contribution >= 4 is 46.3 Å². The largest absolute Gasteiger partial charge is 0.496 e. The van der Waals surface area contributed by atoms with Crippen LogP contribution in [0.1, 0.15) is 18.4 Å². The van der Waals surface area contributed by atoms with Crippen LogP contribution in [0.4, 0.5) is 5.69 Å². The highest BCUT2D eigenvalue weighted by molar-refractivity contribution is 6.49. The molecule has 2 aromatic carbocycles. The van der Waals surface area contributed by atoms with Crippen LogP contribution in [0, 0.1) is 0 Å². The molecular formula is C21H18Cl2N2O3. The highest BCUT2D eigenvalue weighted by atomic mass is 35.5. The summed E-state index contributed by atoms with van der Waals surface area (Å²) in [6.07, 6.45) is 1.95. The number of para-hydroxylation sites is 1. The van der Waals surface area contributed by atoms with Gasteiger partial charge in [0.05, 0.1) is 28.4 Å². The molecule has 2 heterocycles. The minimum atomic E-state index is -0.430. The molecule has 0 atom stereocenters. The normalized spacial score (nSPS) is 17.1. The maximum absolute atomic E-state index is 13.5. The number of benzene rings is 2. The predicted molar refractivity (Wildman–Crippen MR) is 110 cm³/mol. The third-order valence-corrected chi connectivity index (χ3v) is 5.84. The standard InChI is InChI=1S/C21H18Cl2N2O3/c1-28-16-10-3-2-7-13(16)17-19(24-11-4-5-12-24)21(27)25(20(17)26)15-9-6-8-14(22)18(15)23/h2-3,6-10H,4-5,11-12H2,1H3. The lowest BCUT2D eigenvalue weighted by molar-refractivity contribution is -0.120. The molecule has 0 saturated carbocycles. The number of carbonyl (C=O) groups is 2. The van der Waals surface area contributed by atoms with Gasteiger partial charge in [0.25, 0.3) is 11.8 Å². The third kappa shape index (κ3) is 2.95. The van der Waals surface area contributed by atoms with Crippen LogP contribution in [0.15, 0.2) is 48.2 Å². The van der Waals surface area contributed by atoms with E-state index in [0.29, 0.717) is 22.6 Å². The maximum atomic E-state index is 13.5. The van der Waals surface area contributed by atoms with Crippen LogP contribution < -0.4 is 9.64 Å². The lowest BCUT2D eigenvalue weighted by Crippen LogP contribution is -2.34. The van der Waals surface area contributed by atoms with E-state index in [-0.39, 0.29) is 15.7 Å². The average Bonchev–Trinajstić information content (AvgIpc) is 3.31. The number of methoxy groups -OCH3 is 1. The number of anilines is 1. The number of halogens is 2. The molecule has 0 aromatic heterocycles. The number of hydrogen-bond donors (Lipinski definition) is 0. The van der Waals surface area contributed by atoms with E-state index in [9.17, 15) is 9.59 Å². The van der Waals surface area contributed by atoms with Crippen molar-refractivity contribution in [3.8, 4) is 5.75 Å². The van der Waals surface area contributed by atoms with Crippen molar-refractivity contribution in [1.82, 2.24) is 4.90 Å². The molecule has 7 heteroatoms. The van der Waals surface area contributed by atoms with Crippen molar-refractivity contribution in [3.63, 3.8) is 0 Å². The molecule has 0 aliphatic carbocycles. The van der Waals surface area contributed by atoms with E-state index in [2.05, 4.69) is 0 Å². The Morgan fingerprint density at radius 3 is 2.36 bits per heavy atom. The first-order valence-electron chi connectivity index (χ1n) is 9.00. The molecule has 2 aromatic rings. The van der Waals surface area contributed by atoms with Gasteiger partial charge in [0.15, 0.2) is 0 Å². The van der Waals surface area contributed by atoms with E-state index >= 15 is 0 Å². The van der Waals surface area contributed by atoms with Gasteiger partial charge in [0.1, 0.15) is 11.4 Å². The molecule has 2 aliphatic rings. The molecule has 1 saturated heterocycles. The highest BCUT2D eigenvalue weighted by Crippen LogP contribution is 2.42. The summed E-state index contributed by atoms with van der Waals surface area (Å²) in [4.78, 5) is 30.0. The van der Waals surface area contributed by atoms with Crippen molar-refractivity contribution < 1.29 is 14.3 Å². The van der Waals surface area contributed by atoms with Gasteiger partial charge >= 0.3 is 0 Å². The van der Waals surface area contributed by atoms with E-state index in [0.717, 1.165) is 30.8 Å². The van der Waals surface area contributed by atoms with Gasteiger partial charge in [-0.3, -0.25) is 9.59 Å². The van der Waals surface area contributed by atoms with Crippen LogP contribution in [0.2, 0.25) is 10.0 Å². The highest BCUT2D eigenvalue weighted by Gasteiger charge is 2.44. The van der Waals surface area contributed by atoms with Crippen molar-refractivity contribution in [1.29, 1.82) is 0 Å². The Morgan fingerprint density at radius 1 is 0.929 bits per heavy atom. The zero-order chi connectivity index (χ0) is 19.8. The quantitative estimate of drug-likeness (QED) is 0.693. The first-order valence-corrected chi connectivity index (χ1v) is 9.75. The van der Waals surface area contributed by atoms with E-state index in [1.165, 1.54) is 0 Å². The Balaban J connectivity index is 1.90. The molecular weight excluding hydrogens is 399 g/mol. The maximum Gasteiger partial charge on any atom is 0.282 e. The second-order valence-corrected chi connectivity index (χ2v) is 7.42. The molecule has 2 amide bonds. The zero-order valence-corrected chi connectivity index (χ0v) is 16.8. The Bertz CT molecular complexity index is 997. The summed E-state index contributed by atoms with van der Waals surface area (Å²) in [6, 6.07) is 12.1. The molecule has 1 fully saturated rings. The molecule has 4 rings (SSSR count). The number of likely N-dealkylation sites (tertiary alicyclic amines) is 1. The van der Waals surface area contributed by atoms with Crippen LogP contribution in [-0.4, -0.2) is 36.9 Å². The van der Waals surface area contributed by atoms with Gasteiger partial charge in [-0.25, -0.2) is 4.90 Å². The SMILES string of the molecule is COc1ccccc1C1=C(N2CCCC2)C(=O)N(c2cccc(Cl)c2Cl)C1=O. The van der Waals surface area contributed by atoms with Gasteiger partial charge in [-0.05, 0) is 31.0 Å². The molecule has 0 unspecified atom stereocenters. The Morgan fingerprint density at radius 2 is 1.64 bits per heavy atom. The Labute approximate surface area is 173 Å². The van der Waals surface area contributed by atoms with Gasteiger partial charge in [-0.2, -0.15) is 0 Å². The smallest absolute Gasteiger partial charge is 0.282 e. The number of nitrogens with zero attached hydrogens (tertiary/aromatic N) is 2. The van der Waals surface area contributed by atoms with Crippen molar-refractivity contribution in [2.45, 2.75) is 12.8 Å². The van der Waals surface area contributed by atoms with E-state index in [1.807, 2.05) is 17.0 Å². The average molecular weight is 417 g/mol. The Hall–Kier alpha value is -2.50. The summed E-state index contributed by atoms with van der Waals surface area (Å²) in [5.41, 5.74) is 1.60. The lowest BCUT2D eigenvalue weighted by atomic mass is 10.0. The summed E-state index contributed by atoms with van der Waals surface area (Å²) < 4.78 is 5.45. The van der Waals surface area contributed by atoms with Gasteiger partial charge < -0.3 is 9.64 Å². The van der Waals surface area contributed by atoms with Gasteiger partial charge in [-0.15, -0.1) is 0 Å². The summed E-state index contributed by atoms with van der Waals surface area (Å²) in [7, 11) is 1.54. The summed E-state index contributed by atoms with van der Waals surface area (Å²) >= 11 is 12.5. The minimum Gasteiger partial charge on any atom is -0.496 e. The van der Waals surface area contributed by atoms with E-state index < -0.39 is 11.8 Å². The van der Waals surface area contributed by atoms with Crippen LogP contribution >= 0.6 is 23.2 Å². The number of amides is 2. The molecule has 2 aliphatic heterocycles. The summed E-state index contributed by atoms with van der Waals surface area (Å²) in [6.45, 7) is 1.45. The second-order valence-electron chi connectivity index (χ2n) is 6.64. The Kier molecular flexibility index (Phi) is 5.04.